The first-order valence-electron chi connectivity index (χ1n) is 14.5. The van der Waals surface area contributed by atoms with Crippen molar-refractivity contribution in [3.8, 4) is 5.75 Å². The van der Waals surface area contributed by atoms with Gasteiger partial charge < -0.3 is 20.1 Å². The molecule has 1 aliphatic heterocycles. The maximum Gasteiger partial charge on any atom is 0.326 e. The minimum Gasteiger partial charge on any atom is -0.496 e. The quantitative estimate of drug-likeness (QED) is 0.401. The number of ether oxygens (including phenoxy) is 1. The average molecular weight is 535 g/mol. The van der Waals surface area contributed by atoms with Crippen molar-refractivity contribution in [2.24, 2.45) is 17.3 Å². The normalized spacial score (nSPS) is 24.2. The van der Waals surface area contributed by atoms with Crippen molar-refractivity contribution in [1.82, 2.24) is 10.2 Å². The van der Waals surface area contributed by atoms with E-state index in [9.17, 15) is 14.7 Å². The van der Waals surface area contributed by atoms with Gasteiger partial charge in [0.1, 0.15) is 11.8 Å². The van der Waals surface area contributed by atoms with Gasteiger partial charge in [0.05, 0.1) is 13.2 Å². The summed E-state index contributed by atoms with van der Waals surface area (Å²) in [6.45, 7) is 11.1. The number of hydrogen-bond donors (Lipinski definition) is 2. The van der Waals surface area contributed by atoms with E-state index in [-0.39, 0.29) is 35.2 Å². The molecule has 4 atom stereocenters. The van der Waals surface area contributed by atoms with E-state index < -0.39 is 12.0 Å². The van der Waals surface area contributed by atoms with Crippen molar-refractivity contribution in [3.63, 3.8) is 0 Å². The van der Waals surface area contributed by atoms with Crippen molar-refractivity contribution in [1.29, 1.82) is 0 Å². The van der Waals surface area contributed by atoms with Crippen LogP contribution in [0, 0.1) is 17.3 Å². The van der Waals surface area contributed by atoms with Crippen LogP contribution in [0.3, 0.4) is 0 Å². The van der Waals surface area contributed by atoms with E-state index in [2.05, 4.69) is 52.1 Å². The van der Waals surface area contributed by atoms with Crippen molar-refractivity contribution in [2.45, 2.75) is 97.3 Å². The Kier molecular flexibility index (Phi) is 9.05. The Labute approximate surface area is 234 Å². The summed E-state index contributed by atoms with van der Waals surface area (Å²) < 4.78 is 5.70. The summed E-state index contributed by atoms with van der Waals surface area (Å²) in [5.41, 5.74) is 2.87. The molecule has 0 radical (unpaired) electrons. The molecule has 4 unspecified atom stereocenters. The molecule has 1 heterocycles. The van der Waals surface area contributed by atoms with E-state index in [1.807, 2.05) is 36.4 Å². The molecule has 212 valence electrons. The second-order valence-electron chi connectivity index (χ2n) is 12.7. The van der Waals surface area contributed by atoms with E-state index in [0.29, 0.717) is 12.5 Å². The highest BCUT2D eigenvalue weighted by molar-refractivity contribution is 5.87. The van der Waals surface area contributed by atoms with Crippen molar-refractivity contribution in [3.05, 3.63) is 65.2 Å². The maximum atomic E-state index is 14.2. The predicted molar refractivity (Wildman–Crippen MR) is 155 cm³/mol. The predicted octanol–water partition coefficient (Wildman–Crippen LogP) is 6.56. The fourth-order valence-corrected chi connectivity index (χ4v) is 6.81. The molecule has 2 aliphatic rings. The van der Waals surface area contributed by atoms with E-state index >= 15 is 0 Å². The Morgan fingerprint density at radius 2 is 1.72 bits per heavy atom. The summed E-state index contributed by atoms with van der Waals surface area (Å²) >= 11 is 0. The topological polar surface area (TPSA) is 78.9 Å². The number of carboxylic acids is 1. The van der Waals surface area contributed by atoms with Crippen molar-refractivity contribution < 1.29 is 19.4 Å². The third-order valence-corrected chi connectivity index (χ3v) is 8.77. The molecular formula is C33H46N2O4. The van der Waals surface area contributed by atoms with Gasteiger partial charge in [0, 0.05) is 30.0 Å². The molecule has 4 rings (SSSR count). The molecule has 2 fully saturated rings. The molecule has 1 amide bonds. The minimum absolute atomic E-state index is 0.00566. The Morgan fingerprint density at radius 3 is 2.28 bits per heavy atom. The van der Waals surface area contributed by atoms with Crippen LogP contribution >= 0.6 is 0 Å². The van der Waals surface area contributed by atoms with Gasteiger partial charge in [-0.25, -0.2) is 4.79 Å². The zero-order chi connectivity index (χ0) is 28.3. The van der Waals surface area contributed by atoms with Crippen LogP contribution in [0.2, 0.25) is 0 Å². The third kappa shape index (κ3) is 6.16. The van der Waals surface area contributed by atoms with Crippen molar-refractivity contribution in [2.75, 3.05) is 7.11 Å². The lowest BCUT2D eigenvalue weighted by Crippen LogP contribution is -2.49. The summed E-state index contributed by atoms with van der Waals surface area (Å²) in [6, 6.07) is 14.7. The number of likely N-dealkylation sites (tertiary alicyclic amines) is 1. The number of methoxy groups -OCH3 is 1. The number of nitrogens with zero attached hydrogens (tertiary/aromatic N) is 1. The molecule has 1 aliphatic carbocycles. The zero-order valence-electron chi connectivity index (χ0n) is 24.4. The Balaban J connectivity index is 1.80. The fraction of sp³-hybridized carbons (Fsp3) is 0.576. The molecule has 0 bridgehead atoms. The van der Waals surface area contributed by atoms with Crippen LogP contribution in [0.25, 0.3) is 0 Å². The van der Waals surface area contributed by atoms with Crippen LogP contribution in [-0.4, -0.2) is 41.1 Å². The Hall–Kier alpha value is -2.86. The van der Waals surface area contributed by atoms with Crippen LogP contribution < -0.4 is 10.1 Å². The molecule has 1 saturated heterocycles. The third-order valence-electron chi connectivity index (χ3n) is 8.77. The first-order valence-corrected chi connectivity index (χ1v) is 14.5. The maximum absolute atomic E-state index is 14.2. The smallest absolute Gasteiger partial charge is 0.326 e. The molecule has 6 nitrogen and oxygen atoms in total. The van der Waals surface area contributed by atoms with Crippen LogP contribution in [0.15, 0.2) is 48.5 Å². The molecule has 6 heteroatoms. The summed E-state index contributed by atoms with van der Waals surface area (Å²) in [5.74, 6) is -0.169. The van der Waals surface area contributed by atoms with Gasteiger partial charge in [-0.05, 0) is 41.4 Å². The largest absolute Gasteiger partial charge is 0.496 e. The van der Waals surface area contributed by atoms with Crippen LogP contribution in [0.4, 0.5) is 0 Å². The molecule has 2 N–H and O–H groups in total. The molecule has 0 spiro atoms. The second-order valence-corrected chi connectivity index (χ2v) is 12.7. The number of rotatable bonds is 8. The SMILES string of the molecule is COc1ccc(C(C)C)cc1CNC1C(c2ccccc2)N(C(=O)C2CCCCC2)C(C(=O)O)C1C(C)(C)C. The summed E-state index contributed by atoms with van der Waals surface area (Å²) in [7, 11) is 1.68. The van der Waals surface area contributed by atoms with Gasteiger partial charge in [-0.1, -0.05) is 96.3 Å². The molecule has 0 aromatic heterocycles. The van der Waals surface area contributed by atoms with Gasteiger partial charge in [-0.15, -0.1) is 0 Å². The number of carbonyl (C=O) groups excluding carboxylic acids is 1. The minimum atomic E-state index is -0.927. The number of aliphatic carboxylic acids is 1. The van der Waals surface area contributed by atoms with Crippen LogP contribution in [-0.2, 0) is 16.1 Å². The van der Waals surface area contributed by atoms with Gasteiger partial charge in [-0.2, -0.15) is 0 Å². The molecule has 39 heavy (non-hydrogen) atoms. The second kappa shape index (κ2) is 12.1. The monoisotopic (exact) mass is 534 g/mol. The Morgan fingerprint density at radius 1 is 1.05 bits per heavy atom. The number of carboxylic acid groups (broad SMARTS) is 1. The molecular weight excluding hydrogens is 488 g/mol. The zero-order valence-corrected chi connectivity index (χ0v) is 24.4. The van der Waals surface area contributed by atoms with Crippen LogP contribution in [0.5, 0.6) is 5.75 Å². The standard InChI is InChI=1S/C33H46N2O4/c1-21(2)24-17-18-26(39-6)25(19-24)20-34-28-27(33(3,4)5)30(32(37)38)35(29(28)22-13-9-7-10-14-22)31(36)23-15-11-8-12-16-23/h7,9-10,13-14,17-19,21,23,27-30,34H,8,11-12,15-16,20H2,1-6H3,(H,37,38). The van der Waals surface area contributed by atoms with Gasteiger partial charge in [0.2, 0.25) is 5.91 Å². The first kappa shape index (κ1) is 29.1. The Bertz CT molecular complexity index is 1130. The van der Waals surface area contributed by atoms with Crippen molar-refractivity contribution >= 4 is 11.9 Å². The summed E-state index contributed by atoms with van der Waals surface area (Å²) in [4.78, 5) is 29.0. The van der Waals surface area contributed by atoms with Crippen LogP contribution in [0.1, 0.15) is 95.4 Å². The first-order chi connectivity index (χ1) is 18.5. The fourth-order valence-electron chi connectivity index (χ4n) is 6.81. The van der Waals surface area contributed by atoms with Gasteiger partial charge in [0.15, 0.2) is 0 Å². The summed E-state index contributed by atoms with van der Waals surface area (Å²) in [6.07, 6.45) is 4.85. The van der Waals surface area contributed by atoms with Gasteiger partial charge >= 0.3 is 5.97 Å². The van der Waals surface area contributed by atoms with Gasteiger partial charge in [-0.3, -0.25) is 4.79 Å². The average Bonchev–Trinajstić information content (AvgIpc) is 3.28. The van der Waals surface area contributed by atoms with E-state index in [4.69, 9.17) is 4.74 Å². The lowest BCUT2D eigenvalue weighted by molar-refractivity contribution is -0.154. The lowest BCUT2D eigenvalue weighted by Gasteiger charge is -2.36. The molecule has 1 saturated carbocycles. The number of hydrogen-bond acceptors (Lipinski definition) is 4. The number of nitrogens with one attached hydrogen (secondary N) is 1. The lowest BCUT2D eigenvalue weighted by atomic mass is 9.72. The molecule has 2 aromatic rings. The number of amides is 1. The molecule has 2 aromatic carbocycles. The van der Waals surface area contributed by atoms with E-state index in [1.165, 1.54) is 5.56 Å². The summed E-state index contributed by atoms with van der Waals surface area (Å²) in [5, 5.41) is 14.4. The highest BCUT2D eigenvalue weighted by Crippen LogP contribution is 2.49. The van der Waals surface area contributed by atoms with E-state index in [1.54, 1.807) is 12.0 Å². The van der Waals surface area contributed by atoms with Gasteiger partial charge in [0.25, 0.3) is 0 Å². The van der Waals surface area contributed by atoms with E-state index in [0.717, 1.165) is 49.0 Å². The highest BCUT2D eigenvalue weighted by Gasteiger charge is 2.58. The number of benzene rings is 2. The highest BCUT2D eigenvalue weighted by atomic mass is 16.5. The number of carbonyl (C=O) groups is 2.